The molecule has 0 aliphatic carbocycles. The van der Waals surface area contributed by atoms with Gasteiger partial charge in [0.15, 0.2) is 0 Å². The fourth-order valence-corrected chi connectivity index (χ4v) is 1.69. The van der Waals surface area contributed by atoms with E-state index in [4.69, 9.17) is 9.84 Å². The molecule has 1 N–H and O–H groups in total. The van der Waals surface area contributed by atoms with Crippen molar-refractivity contribution in [3.63, 3.8) is 0 Å². The molecule has 1 saturated heterocycles. The minimum Gasteiger partial charge on any atom is -0.481 e. The Labute approximate surface area is 89.0 Å². The maximum absolute atomic E-state index is 11.5. The zero-order valence-corrected chi connectivity index (χ0v) is 8.94. The minimum absolute atomic E-state index is 0.0584. The fourth-order valence-electron chi connectivity index (χ4n) is 1.69. The summed E-state index contributed by atoms with van der Waals surface area (Å²) in [6, 6.07) is 0. The summed E-state index contributed by atoms with van der Waals surface area (Å²) in [6.45, 7) is 3.35. The Balaban J connectivity index is 2.41. The normalized spacial score (nSPS) is 21.4. The Bertz CT molecular complexity index is 242. The molecule has 1 fully saturated rings. The number of aliphatic carboxylic acids is 1. The van der Waals surface area contributed by atoms with Crippen molar-refractivity contribution >= 4 is 11.9 Å². The van der Waals surface area contributed by atoms with Gasteiger partial charge in [0.25, 0.3) is 0 Å². The fraction of sp³-hybridized carbons (Fsp3) is 0.800. The highest BCUT2D eigenvalue weighted by atomic mass is 16.5. The number of rotatable bonds is 4. The highest BCUT2D eigenvalue weighted by molar-refractivity contribution is 5.79. The van der Waals surface area contributed by atoms with E-state index in [1.807, 2.05) is 6.92 Å². The maximum atomic E-state index is 11.5. The van der Waals surface area contributed by atoms with Crippen molar-refractivity contribution in [1.82, 2.24) is 4.90 Å². The number of hydrogen-bond acceptors (Lipinski definition) is 3. The molecule has 0 aromatic rings. The van der Waals surface area contributed by atoms with Crippen LogP contribution < -0.4 is 0 Å². The molecule has 0 aromatic carbocycles. The molecule has 1 aliphatic heterocycles. The van der Waals surface area contributed by atoms with Crippen molar-refractivity contribution in [1.29, 1.82) is 0 Å². The van der Waals surface area contributed by atoms with E-state index in [1.54, 1.807) is 4.90 Å². The maximum Gasteiger partial charge on any atom is 0.308 e. The molecule has 15 heavy (non-hydrogen) atoms. The Morgan fingerprint density at radius 1 is 1.53 bits per heavy atom. The lowest BCUT2D eigenvalue weighted by Gasteiger charge is -2.30. The molecule has 0 saturated carbocycles. The second-order valence-electron chi connectivity index (χ2n) is 3.65. The number of likely N-dealkylation sites (tertiary alicyclic amines) is 1. The number of carboxylic acids is 1. The molecule has 86 valence electrons. The van der Waals surface area contributed by atoms with Crippen LogP contribution in [0.25, 0.3) is 0 Å². The van der Waals surface area contributed by atoms with E-state index in [0.717, 1.165) is 6.42 Å². The summed E-state index contributed by atoms with van der Waals surface area (Å²) in [5.74, 6) is -1.34. The van der Waals surface area contributed by atoms with Gasteiger partial charge in [0, 0.05) is 19.7 Å². The first kappa shape index (κ1) is 12.0. The molecule has 0 aromatic heterocycles. The van der Waals surface area contributed by atoms with Gasteiger partial charge in [-0.2, -0.15) is 0 Å². The van der Waals surface area contributed by atoms with Crippen LogP contribution in [0, 0.1) is 5.92 Å². The number of ether oxygens (including phenoxy) is 1. The SMILES string of the molecule is CCOCC(=O)N1CCC[C@@H](C(=O)O)C1. The van der Waals surface area contributed by atoms with Crippen molar-refractivity contribution in [3.8, 4) is 0 Å². The predicted molar refractivity (Wildman–Crippen MR) is 53.4 cm³/mol. The van der Waals surface area contributed by atoms with Crippen molar-refractivity contribution in [2.45, 2.75) is 19.8 Å². The standard InChI is InChI=1S/C10H17NO4/c1-2-15-7-9(12)11-5-3-4-8(6-11)10(13)14/h8H,2-7H2,1H3,(H,13,14)/t8-/m1/s1. The van der Waals surface area contributed by atoms with Crippen LogP contribution in [-0.4, -0.2) is 48.2 Å². The molecular weight excluding hydrogens is 198 g/mol. The third-order valence-corrected chi connectivity index (χ3v) is 2.55. The van der Waals surface area contributed by atoms with Crippen molar-refractivity contribution < 1.29 is 19.4 Å². The average Bonchev–Trinajstić information content (AvgIpc) is 2.26. The Morgan fingerprint density at radius 3 is 2.87 bits per heavy atom. The van der Waals surface area contributed by atoms with Gasteiger partial charge in [-0.05, 0) is 19.8 Å². The van der Waals surface area contributed by atoms with E-state index in [0.29, 0.717) is 26.1 Å². The molecule has 0 spiro atoms. The van der Waals surface area contributed by atoms with Crippen molar-refractivity contribution in [3.05, 3.63) is 0 Å². The lowest BCUT2D eigenvalue weighted by atomic mass is 9.98. The van der Waals surface area contributed by atoms with Crippen LogP contribution in [0.4, 0.5) is 0 Å². The van der Waals surface area contributed by atoms with Crippen LogP contribution in [0.15, 0.2) is 0 Å². The van der Waals surface area contributed by atoms with Gasteiger partial charge in [0.05, 0.1) is 5.92 Å². The Hall–Kier alpha value is -1.10. The predicted octanol–water partition coefficient (Wildman–Crippen LogP) is 0.346. The first-order valence-corrected chi connectivity index (χ1v) is 5.23. The largest absolute Gasteiger partial charge is 0.481 e. The van der Waals surface area contributed by atoms with Gasteiger partial charge in [0.2, 0.25) is 5.91 Å². The zero-order chi connectivity index (χ0) is 11.3. The van der Waals surface area contributed by atoms with E-state index in [-0.39, 0.29) is 12.5 Å². The Morgan fingerprint density at radius 2 is 2.27 bits per heavy atom. The number of carbonyl (C=O) groups is 2. The highest BCUT2D eigenvalue weighted by Gasteiger charge is 2.27. The summed E-state index contributed by atoms with van der Waals surface area (Å²) in [5, 5.41) is 8.84. The first-order chi connectivity index (χ1) is 7.15. The molecule has 1 atom stereocenters. The second-order valence-corrected chi connectivity index (χ2v) is 3.65. The van der Waals surface area contributed by atoms with Gasteiger partial charge in [-0.3, -0.25) is 9.59 Å². The quantitative estimate of drug-likeness (QED) is 0.734. The van der Waals surface area contributed by atoms with Gasteiger partial charge < -0.3 is 14.7 Å². The number of carboxylic acid groups (broad SMARTS) is 1. The van der Waals surface area contributed by atoms with Gasteiger partial charge in [-0.1, -0.05) is 0 Å². The molecule has 0 unspecified atom stereocenters. The van der Waals surface area contributed by atoms with Crippen molar-refractivity contribution in [2.75, 3.05) is 26.3 Å². The van der Waals surface area contributed by atoms with Crippen LogP contribution in [0.1, 0.15) is 19.8 Å². The molecule has 1 rings (SSSR count). The molecule has 0 bridgehead atoms. The lowest BCUT2D eigenvalue weighted by molar-refractivity contribution is -0.146. The van der Waals surface area contributed by atoms with Gasteiger partial charge in [-0.25, -0.2) is 0 Å². The van der Waals surface area contributed by atoms with Gasteiger partial charge in [-0.15, -0.1) is 0 Å². The summed E-state index contributed by atoms with van der Waals surface area (Å²) in [7, 11) is 0. The van der Waals surface area contributed by atoms with E-state index >= 15 is 0 Å². The molecule has 1 heterocycles. The second kappa shape index (κ2) is 5.70. The average molecular weight is 215 g/mol. The molecule has 1 aliphatic rings. The van der Waals surface area contributed by atoms with Crippen LogP contribution in [0.5, 0.6) is 0 Å². The summed E-state index contributed by atoms with van der Waals surface area (Å²) >= 11 is 0. The number of carbonyl (C=O) groups excluding carboxylic acids is 1. The van der Waals surface area contributed by atoms with Crippen LogP contribution in [-0.2, 0) is 14.3 Å². The summed E-state index contributed by atoms with van der Waals surface area (Å²) < 4.78 is 5.01. The summed E-state index contributed by atoms with van der Waals surface area (Å²) in [4.78, 5) is 23.9. The van der Waals surface area contributed by atoms with Crippen LogP contribution >= 0.6 is 0 Å². The molecule has 5 nitrogen and oxygen atoms in total. The number of hydrogen-bond donors (Lipinski definition) is 1. The molecule has 1 amide bonds. The van der Waals surface area contributed by atoms with Gasteiger partial charge in [0.1, 0.15) is 6.61 Å². The zero-order valence-electron chi connectivity index (χ0n) is 8.94. The lowest BCUT2D eigenvalue weighted by Crippen LogP contribution is -2.43. The molecular formula is C10H17NO4. The first-order valence-electron chi connectivity index (χ1n) is 5.23. The summed E-state index contributed by atoms with van der Waals surface area (Å²) in [5.41, 5.74) is 0. The Kier molecular flexibility index (Phi) is 4.55. The number of piperidine rings is 1. The van der Waals surface area contributed by atoms with E-state index in [1.165, 1.54) is 0 Å². The minimum atomic E-state index is -0.816. The molecule has 0 radical (unpaired) electrons. The smallest absolute Gasteiger partial charge is 0.308 e. The number of nitrogens with zero attached hydrogens (tertiary/aromatic N) is 1. The summed E-state index contributed by atoms with van der Waals surface area (Å²) in [6.07, 6.45) is 1.42. The third kappa shape index (κ3) is 3.51. The highest BCUT2D eigenvalue weighted by Crippen LogP contribution is 2.16. The van der Waals surface area contributed by atoms with Crippen LogP contribution in [0.2, 0.25) is 0 Å². The van der Waals surface area contributed by atoms with E-state index in [9.17, 15) is 9.59 Å². The van der Waals surface area contributed by atoms with E-state index < -0.39 is 11.9 Å². The monoisotopic (exact) mass is 215 g/mol. The van der Waals surface area contributed by atoms with Crippen molar-refractivity contribution in [2.24, 2.45) is 5.92 Å². The third-order valence-electron chi connectivity index (χ3n) is 2.55. The van der Waals surface area contributed by atoms with Gasteiger partial charge >= 0.3 is 5.97 Å². The number of amides is 1. The van der Waals surface area contributed by atoms with E-state index in [2.05, 4.69) is 0 Å². The van der Waals surface area contributed by atoms with Crippen LogP contribution in [0.3, 0.4) is 0 Å². The topological polar surface area (TPSA) is 66.8 Å². The molecule has 5 heteroatoms.